The third-order valence-corrected chi connectivity index (χ3v) is 11.7. The minimum absolute atomic E-state index is 0.00198. The minimum Gasteiger partial charge on any atom is -0.465 e. The highest BCUT2D eigenvalue weighted by molar-refractivity contribution is 7.48. The van der Waals surface area contributed by atoms with Gasteiger partial charge in [0.05, 0.1) is 23.8 Å². The van der Waals surface area contributed by atoms with Crippen LogP contribution < -0.4 is 17.0 Å². The van der Waals surface area contributed by atoms with E-state index in [4.69, 9.17) is 57.6 Å². The number of hydrogen-bond acceptors (Lipinski definition) is 23. The molecule has 7 rings (SSSR count). The van der Waals surface area contributed by atoms with Gasteiger partial charge in [0.2, 0.25) is 31.9 Å². The van der Waals surface area contributed by atoms with Crippen LogP contribution in [0.2, 0.25) is 0 Å². The van der Waals surface area contributed by atoms with Gasteiger partial charge in [0.1, 0.15) is 43.1 Å². The van der Waals surface area contributed by atoms with Crippen molar-refractivity contribution in [2.45, 2.75) is 78.5 Å². The third-order valence-electron chi connectivity index (χ3n) is 8.98. The van der Waals surface area contributed by atoms with Crippen LogP contribution in [0.15, 0.2) is 35.3 Å². The average Bonchev–Trinajstić information content (AvgIpc) is 3.94. The first-order valence-corrected chi connectivity index (χ1v) is 21.0. The number of halogens is 1. The van der Waals surface area contributed by atoms with E-state index in [0.717, 1.165) is 28.1 Å². The van der Waals surface area contributed by atoms with Gasteiger partial charge in [-0.25, -0.2) is 42.5 Å². The van der Waals surface area contributed by atoms with Gasteiger partial charge in [0.15, 0.2) is 40.4 Å². The summed E-state index contributed by atoms with van der Waals surface area (Å²) in [4.78, 5) is 60.3. The summed E-state index contributed by atoms with van der Waals surface area (Å²) in [5.74, 6) is -3.48. The summed E-state index contributed by atoms with van der Waals surface area (Å²) in [6.07, 6.45) is -7.81. The lowest BCUT2D eigenvalue weighted by Crippen LogP contribution is -2.36. The number of nitrogens with zero attached hydrogens (tertiary/aromatic N) is 7. The van der Waals surface area contributed by atoms with E-state index in [1.807, 2.05) is 0 Å². The molecule has 7 heterocycles. The van der Waals surface area contributed by atoms with Gasteiger partial charge in [-0.05, 0) is 41.5 Å². The summed E-state index contributed by atoms with van der Waals surface area (Å²) in [7, 11) is -10.4. The SMILES string of the molecule is CC(C)(C)C(=O)OCOP1(=O)OC[C@H]2OC(n3cnc4c(=O)[nH]c(N)nc43)[C@@H](OP(=O)(OCOC(=O)C(C)(C)C)OCC3=C(O1)[C@H](F)C(n1cnc4c(N)ncnc41)O3)C2O. The van der Waals surface area contributed by atoms with Crippen molar-refractivity contribution in [2.24, 2.45) is 10.8 Å². The molecule has 0 amide bonds. The van der Waals surface area contributed by atoms with E-state index in [9.17, 15) is 28.6 Å². The van der Waals surface area contributed by atoms with Crippen molar-refractivity contribution >= 4 is 61.7 Å². The number of esters is 2. The number of nitrogens with two attached hydrogens (primary N) is 2. The Morgan fingerprint density at radius 3 is 2.20 bits per heavy atom. The van der Waals surface area contributed by atoms with Gasteiger partial charge < -0.3 is 40.0 Å². The van der Waals surface area contributed by atoms with Crippen LogP contribution in [0.25, 0.3) is 22.3 Å². The van der Waals surface area contributed by atoms with E-state index >= 15 is 4.39 Å². The van der Waals surface area contributed by atoms with Gasteiger partial charge in [-0.2, -0.15) is 4.98 Å². The predicted octanol–water partition coefficient (Wildman–Crippen LogP) is 2.25. The number of H-pyrrole nitrogens is 1. The molecule has 4 aromatic heterocycles. The maximum absolute atomic E-state index is 16.8. The lowest BCUT2D eigenvalue weighted by Gasteiger charge is -2.26. The summed E-state index contributed by atoms with van der Waals surface area (Å²) >= 11 is 0. The molecular formula is C32H41FN10O16P2. The Balaban J connectivity index is 1.29. The molecule has 3 aliphatic rings. The number of carbonyl (C=O) groups excluding carboxylic acids is 2. The van der Waals surface area contributed by atoms with Crippen LogP contribution in [0.5, 0.6) is 0 Å². The molecule has 8 atom stereocenters. The summed E-state index contributed by atoms with van der Waals surface area (Å²) in [6, 6.07) is 0. The molecular weight excluding hydrogens is 861 g/mol. The van der Waals surface area contributed by atoms with Gasteiger partial charge in [0.25, 0.3) is 5.56 Å². The van der Waals surface area contributed by atoms with Crippen molar-refractivity contribution in [2.75, 3.05) is 38.3 Å². The van der Waals surface area contributed by atoms with Gasteiger partial charge in [-0.1, -0.05) is 0 Å². The molecule has 61 heavy (non-hydrogen) atoms. The molecule has 0 spiro atoms. The predicted molar refractivity (Wildman–Crippen MR) is 200 cm³/mol. The van der Waals surface area contributed by atoms with Crippen LogP contribution in [0.1, 0.15) is 54.0 Å². The third kappa shape index (κ3) is 8.96. The van der Waals surface area contributed by atoms with Gasteiger partial charge in [0, 0.05) is 0 Å². The van der Waals surface area contributed by atoms with Gasteiger partial charge in [-0.15, -0.1) is 0 Å². The average molecular weight is 903 g/mol. The number of aromatic nitrogens is 8. The van der Waals surface area contributed by atoms with Crippen LogP contribution in [-0.2, 0) is 64.8 Å². The number of nitrogen functional groups attached to an aromatic ring is 2. The second-order valence-electron chi connectivity index (χ2n) is 15.6. The molecule has 3 aliphatic heterocycles. The van der Waals surface area contributed by atoms with Crippen LogP contribution in [0, 0.1) is 10.8 Å². The van der Waals surface area contributed by atoms with Crippen molar-refractivity contribution < 1.29 is 74.3 Å². The summed E-state index contributed by atoms with van der Waals surface area (Å²) < 4.78 is 104. The van der Waals surface area contributed by atoms with Crippen LogP contribution >= 0.6 is 15.6 Å². The monoisotopic (exact) mass is 902 g/mol. The van der Waals surface area contributed by atoms with E-state index in [1.54, 1.807) is 20.8 Å². The van der Waals surface area contributed by atoms with Crippen LogP contribution in [0.4, 0.5) is 16.2 Å². The Hall–Kier alpha value is -5.11. The van der Waals surface area contributed by atoms with Crippen molar-refractivity contribution in [3.05, 3.63) is 40.9 Å². The first-order chi connectivity index (χ1) is 28.6. The minimum atomic E-state index is -5.19. The molecule has 5 unspecified atom stereocenters. The molecule has 332 valence electrons. The van der Waals surface area contributed by atoms with Crippen molar-refractivity contribution in [1.29, 1.82) is 0 Å². The fraction of sp³-hybridized carbons (Fsp3) is 0.562. The number of fused-ring (bicyclic) bond motifs is 4. The van der Waals surface area contributed by atoms with E-state index in [-0.39, 0.29) is 34.1 Å². The molecule has 1 saturated heterocycles. The van der Waals surface area contributed by atoms with E-state index in [2.05, 4.69) is 29.9 Å². The standard InChI is InChI=1S/C32H41FN10O16P2/c1-31(2,3)28(46)50-12-54-60(48)52-7-14-19(44)21(27(56-14)43-11-39-18-24(43)40-30(35)41-25(18)45)59-61(49,55-13-51-29(47)32(4,5)6)53-8-15-20(58-60)16(33)26(57-15)42-10-38-17-22(34)36-9-37-23(17)42/h9-11,14,16,19,21,26-27,44H,7-8,12-13H2,1-6H3,(H2,34,36,37)(H3,35,40,41,45)/t14-,16+,19?,21+,26?,27?,60?,61?/m1/s1. The number of ether oxygens (including phenoxy) is 4. The molecule has 0 aliphatic carbocycles. The number of nitrogens with one attached hydrogen (secondary N) is 1. The Morgan fingerprint density at radius 2 is 1.54 bits per heavy atom. The lowest BCUT2D eigenvalue weighted by molar-refractivity contribution is -0.162. The van der Waals surface area contributed by atoms with Crippen LogP contribution in [0.3, 0.4) is 0 Å². The Morgan fingerprint density at radius 1 is 0.918 bits per heavy atom. The number of alkyl halides is 1. The second-order valence-corrected chi connectivity index (χ2v) is 18.8. The number of imidazole rings is 2. The molecule has 0 saturated carbocycles. The number of anilines is 2. The quantitative estimate of drug-likeness (QED) is 0.112. The molecule has 0 radical (unpaired) electrons. The maximum atomic E-state index is 16.8. The highest BCUT2D eigenvalue weighted by Crippen LogP contribution is 2.58. The molecule has 26 nitrogen and oxygen atoms in total. The Labute approximate surface area is 343 Å². The normalized spacial score (nSPS) is 28.7. The first-order valence-electron chi connectivity index (χ1n) is 18.1. The van der Waals surface area contributed by atoms with E-state index in [0.29, 0.717) is 0 Å². The number of aromatic amines is 1. The number of rotatable bonds is 8. The molecule has 2 bridgehead atoms. The lowest BCUT2D eigenvalue weighted by atomic mass is 9.98. The second kappa shape index (κ2) is 16.3. The smallest absolute Gasteiger partial charge is 0.465 e. The fourth-order valence-corrected chi connectivity index (χ4v) is 8.13. The zero-order chi connectivity index (χ0) is 44.2. The number of phosphoric ester groups is 2. The summed E-state index contributed by atoms with van der Waals surface area (Å²) in [5.41, 5.74) is 8.55. The molecule has 0 aromatic carbocycles. The maximum Gasteiger partial charge on any atom is 0.533 e. The molecule has 29 heteroatoms. The molecule has 1 fully saturated rings. The Kier molecular flexibility index (Phi) is 11.7. The number of aliphatic hydroxyl groups is 1. The van der Waals surface area contributed by atoms with Crippen molar-refractivity contribution in [3.8, 4) is 0 Å². The topological polar surface area (TPSA) is 340 Å². The Bertz CT molecular complexity index is 2540. The zero-order valence-corrected chi connectivity index (χ0v) is 34.9. The van der Waals surface area contributed by atoms with Crippen LogP contribution in [-0.4, -0.2) is 107 Å². The zero-order valence-electron chi connectivity index (χ0n) is 33.2. The highest BCUT2D eigenvalue weighted by Gasteiger charge is 2.53. The number of hydrogen-bond donors (Lipinski definition) is 4. The van der Waals surface area contributed by atoms with E-state index in [1.165, 1.54) is 20.8 Å². The van der Waals surface area contributed by atoms with Gasteiger partial charge in [-0.3, -0.25) is 42.1 Å². The summed E-state index contributed by atoms with van der Waals surface area (Å²) in [6.45, 7) is 5.18. The largest absolute Gasteiger partial charge is 0.533 e. The molecule has 6 N–H and O–H groups in total. The number of carbonyl (C=O) groups is 2. The fourth-order valence-electron chi connectivity index (χ4n) is 5.81. The molecule has 4 aromatic rings. The van der Waals surface area contributed by atoms with E-state index < -0.39 is 119 Å². The van der Waals surface area contributed by atoms with Crippen molar-refractivity contribution in [1.82, 2.24) is 39.0 Å². The number of aliphatic hydroxyl groups excluding tert-OH is 1. The highest BCUT2D eigenvalue weighted by atomic mass is 31.2. The van der Waals surface area contributed by atoms with Crippen molar-refractivity contribution in [3.63, 3.8) is 0 Å². The number of phosphoric acid groups is 2. The van der Waals surface area contributed by atoms with Gasteiger partial charge >= 0.3 is 27.6 Å². The summed E-state index contributed by atoms with van der Waals surface area (Å²) in [5, 5.41) is 11.7. The first kappa shape index (κ1) is 44.0.